The fourth-order valence-electron chi connectivity index (χ4n) is 4.13. The Bertz CT molecular complexity index is 577. The molecule has 4 rings (SSSR count). The molecule has 0 radical (unpaired) electrons. The largest absolute Gasteiger partial charge is 0.343 e. The number of carbonyl (C=O) groups is 1. The fourth-order valence-corrected chi connectivity index (χ4v) is 4.13. The highest BCUT2D eigenvalue weighted by Gasteiger charge is 2.50. The summed E-state index contributed by atoms with van der Waals surface area (Å²) in [6.07, 6.45) is 2.44. The van der Waals surface area contributed by atoms with E-state index in [9.17, 15) is 4.79 Å². The van der Waals surface area contributed by atoms with Crippen molar-refractivity contribution in [2.75, 3.05) is 39.4 Å². The standard InChI is InChI=1S/C18H24N2O3/c21-17(20-9-7-19-8-10-20)13-15-6-5-14-3-1-2-4-16(14)18(15)22-11-12-23-18/h1-4,15,19H,5-13H2. The Kier molecular flexibility index (Phi) is 4.09. The van der Waals surface area contributed by atoms with Crippen LogP contribution in [0.4, 0.5) is 0 Å². The normalized spacial score (nSPS) is 26.3. The molecule has 2 fully saturated rings. The van der Waals surface area contributed by atoms with Gasteiger partial charge >= 0.3 is 0 Å². The zero-order valence-corrected chi connectivity index (χ0v) is 13.4. The summed E-state index contributed by atoms with van der Waals surface area (Å²) in [5.74, 6) is -0.380. The van der Waals surface area contributed by atoms with E-state index in [0.717, 1.165) is 44.6 Å². The lowest BCUT2D eigenvalue weighted by Gasteiger charge is -2.41. The molecule has 2 aliphatic heterocycles. The number of aryl methyl sites for hydroxylation is 1. The Morgan fingerprint density at radius 2 is 1.96 bits per heavy atom. The number of benzene rings is 1. The van der Waals surface area contributed by atoms with Crippen molar-refractivity contribution in [1.82, 2.24) is 10.2 Å². The molecule has 5 heteroatoms. The van der Waals surface area contributed by atoms with Gasteiger partial charge in [-0.2, -0.15) is 0 Å². The summed E-state index contributed by atoms with van der Waals surface area (Å²) in [4.78, 5) is 14.7. The lowest BCUT2D eigenvalue weighted by Crippen LogP contribution is -2.49. The lowest BCUT2D eigenvalue weighted by atomic mass is 9.76. The third-order valence-electron chi connectivity index (χ3n) is 5.30. The highest BCUT2D eigenvalue weighted by atomic mass is 16.7. The van der Waals surface area contributed by atoms with E-state index >= 15 is 0 Å². The van der Waals surface area contributed by atoms with Crippen LogP contribution < -0.4 is 5.32 Å². The van der Waals surface area contributed by atoms with Gasteiger partial charge in [0.15, 0.2) is 5.79 Å². The second-order valence-corrected chi connectivity index (χ2v) is 6.59. The van der Waals surface area contributed by atoms with Crippen LogP contribution in [-0.4, -0.2) is 50.2 Å². The third-order valence-corrected chi connectivity index (χ3v) is 5.30. The Morgan fingerprint density at radius 3 is 2.74 bits per heavy atom. The van der Waals surface area contributed by atoms with Crippen LogP contribution in [0.1, 0.15) is 24.0 Å². The lowest BCUT2D eigenvalue weighted by molar-refractivity contribution is -0.214. The maximum Gasteiger partial charge on any atom is 0.223 e. The SMILES string of the molecule is O=C(CC1CCc2ccccc2C12OCCO2)N1CCNCC1. The first-order chi connectivity index (χ1) is 11.3. The van der Waals surface area contributed by atoms with Crippen molar-refractivity contribution in [3.63, 3.8) is 0 Å². The van der Waals surface area contributed by atoms with E-state index in [-0.39, 0.29) is 11.8 Å². The van der Waals surface area contributed by atoms with Gasteiger partial charge in [0.1, 0.15) is 0 Å². The second kappa shape index (κ2) is 6.23. The minimum absolute atomic E-state index is 0.0993. The molecule has 3 aliphatic rings. The Balaban J connectivity index is 1.57. The molecule has 1 atom stereocenters. The number of hydrogen-bond donors (Lipinski definition) is 1. The molecule has 1 spiro atoms. The van der Waals surface area contributed by atoms with Crippen molar-refractivity contribution in [2.24, 2.45) is 5.92 Å². The summed E-state index contributed by atoms with van der Waals surface area (Å²) in [6.45, 7) is 4.59. The predicted octanol–water partition coefficient (Wildman–Crippen LogP) is 1.27. The number of fused-ring (bicyclic) bond motifs is 2. The van der Waals surface area contributed by atoms with E-state index in [0.29, 0.717) is 19.6 Å². The molecule has 23 heavy (non-hydrogen) atoms. The first kappa shape index (κ1) is 15.1. The van der Waals surface area contributed by atoms with E-state index < -0.39 is 5.79 Å². The number of rotatable bonds is 2. The van der Waals surface area contributed by atoms with Gasteiger partial charge in [0.05, 0.1) is 13.2 Å². The Labute approximate surface area is 136 Å². The molecule has 5 nitrogen and oxygen atoms in total. The number of carbonyl (C=O) groups excluding carboxylic acids is 1. The molecule has 1 N–H and O–H groups in total. The van der Waals surface area contributed by atoms with Crippen LogP contribution in [0.2, 0.25) is 0 Å². The van der Waals surface area contributed by atoms with Crippen molar-refractivity contribution < 1.29 is 14.3 Å². The summed E-state index contributed by atoms with van der Waals surface area (Å²) in [6, 6.07) is 8.35. The summed E-state index contributed by atoms with van der Waals surface area (Å²) < 4.78 is 12.2. The molecule has 0 aromatic heterocycles. The van der Waals surface area contributed by atoms with Crippen LogP contribution in [0.25, 0.3) is 0 Å². The van der Waals surface area contributed by atoms with Gasteiger partial charge in [0, 0.05) is 44.1 Å². The van der Waals surface area contributed by atoms with Crippen molar-refractivity contribution in [3.05, 3.63) is 35.4 Å². The number of piperazine rings is 1. The van der Waals surface area contributed by atoms with Gasteiger partial charge in [0.25, 0.3) is 0 Å². The van der Waals surface area contributed by atoms with Crippen LogP contribution >= 0.6 is 0 Å². The summed E-state index contributed by atoms with van der Waals surface area (Å²) >= 11 is 0. The minimum Gasteiger partial charge on any atom is -0.343 e. The molecule has 1 aromatic rings. The van der Waals surface area contributed by atoms with E-state index in [1.807, 2.05) is 11.0 Å². The fraction of sp³-hybridized carbons (Fsp3) is 0.611. The highest BCUT2D eigenvalue weighted by molar-refractivity contribution is 5.76. The predicted molar refractivity (Wildman–Crippen MR) is 85.9 cm³/mol. The van der Waals surface area contributed by atoms with Gasteiger partial charge in [0.2, 0.25) is 5.91 Å². The van der Waals surface area contributed by atoms with E-state index in [1.165, 1.54) is 5.56 Å². The maximum absolute atomic E-state index is 12.7. The maximum atomic E-state index is 12.7. The van der Waals surface area contributed by atoms with E-state index in [4.69, 9.17) is 9.47 Å². The van der Waals surface area contributed by atoms with Gasteiger partial charge < -0.3 is 19.7 Å². The number of nitrogens with one attached hydrogen (secondary N) is 1. The van der Waals surface area contributed by atoms with Crippen molar-refractivity contribution in [2.45, 2.75) is 25.0 Å². The molecule has 2 saturated heterocycles. The topological polar surface area (TPSA) is 50.8 Å². The number of nitrogens with zero attached hydrogens (tertiary/aromatic N) is 1. The van der Waals surface area contributed by atoms with Crippen LogP contribution in [0.15, 0.2) is 24.3 Å². The molecule has 0 bridgehead atoms. The molecular weight excluding hydrogens is 292 g/mol. The van der Waals surface area contributed by atoms with Crippen molar-refractivity contribution in [3.8, 4) is 0 Å². The van der Waals surface area contributed by atoms with E-state index in [1.54, 1.807) is 0 Å². The minimum atomic E-state index is -0.710. The smallest absolute Gasteiger partial charge is 0.223 e. The molecule has 1 aromatic carbocycles. The number of hydrogen-bond acceptors (Lipinski definition) is 4. The number of amides is 1. The van der Waals surface area contributed by atoms with Crippen molar-refractivity contribution in [1.29, 1.82) is 0 Å². The van der Waals surface area contributed by atoms with Gasteiger partial charge in [-0.1, -0.05) is 24.3 Å². The first-order valence-corrected chi connectivity index (χ1v) is 8.64. The highest BCUT2D eigenvalue weighted by Crippen LogP contribution is 2.47. The number of ether oxygens (including phenoxy) is 2. The Hall–Kier alpha value is -1.43. The zero-order valence-electron chi connectivity index (χ0n) is 13.4. The summed E-state index contributed by atoms with van der Waals surface area (Å²) in [5.41, 5.74) is 2.42. The molecule has 0 saturated carbocycles. The molecule has 124 valence electrons. The van der Waals surface area contributed by atoms with Crippen molar-refractivity contribution >= 4 is 5.91 Å². The third kappa shape index (κ3) is 2.67. The van der Waals surface area contributed by atoms with E-state index in [2.05, 4.69) is 23.5 Å². The molecule has 1 aliphatic carbocycles. The van der Waals surface area contributed by atoms with Gasteiger partial charge in [-0.3, -0.25) is 4.79 Å². The van der Waals surface area contributed by atoms with Crippen LogP contribution in [0, 0.1) is 5.92 Å². The Morgan fingerprint density at radius 1 is 1.22 bits per heavy atom. The van der Waals surface area contributed by atoms with Gasteiger partial charge in [-0.05, 0) is 18.4 Å². The second-order valence-electron chi connectivity index (χ2n) is 6.59. The average molecular weight is 316 g/mol. The zero-order chi connectivity index (χ0) is 15.7. The van der Waals surface area contributed by atoms with Crippen LogP contribution in [-0.2, 0) is 26.5 Å². The summed E-state index contributed by atoms with van der Waals surface area (Å²) in [5, 5.41) is 3.29. The molecule has 2 heterocycles. The monoisotopic (exact) mass is 316 g/mol. The molecule has 1 unspecified atom stereocenters. The van der Waals surface area contributed by atoms with Gasteiger partial charge in [-0.15, -0.1) is 0 Å². The van der Waals surface area contributed by atoms with Crippen LogP contribution in [0.3, 0.4) is 0 Å². The molecule has 1 amide bonds. The average Bonchev–Trinajstić information content (AvgIpc) is 3.09. The van der Waals surface area contributed by atoms with Crippen LogP contribution in [0.5, 0.6) is 0 Å². The first-order valence-electron chi connectivity index (χ1n) is 8.64. The quantitative estimate of drug-likeness (QED) is 0.893. The summed E-state index contributed by atoms with van der Waals surface area (Å²) in [7, 11) is 0. The van der Waals surface area contributed by atoms with Gasteiger partial charge in [-0.25, -0.2) is 0 Å². The molecular formula is C18H24N2O3.